The molecule has 2 rings (SSSR count). The number of rotatable bonds is 2. The molecule has 0 aromatic heterocycles. The lowest BCUT2D eigenvalue weighted by Gasteiger charge is -2.13. The molecular weight excluding hydrogens is 640 g/mol. The van der Waals surface area contributed by atoms with Crippen LogP contribution in [0, 0.1) is 0 Å². The third-order valence-electron chi connectivity index (χ3n) is 2.13. The van der Waals surface area contributed by atoms with E-state index in [1.807, 2.05) is 24.3 Å². The van der Waals surface area contributed by atoms with E-state index in [2.05, 4.69) is 95.6 Å². The van der Waals surface area contributed by atoms with E-state index in [0.29, 0.717) is 5.75 Å². The molecule has 0 aliphatic rings. The van der Waals surface area contributed by atoms with Gasteiger partial charge in [0.25, 0.3) is 0 Å². The second-order valence-electron chi connectivity index (χ2n) is 3.50. The van der Waals surface area contributed by atoms with E-state index in [4.69, 9.17) is 4.74 Å². The first kappa shape index (κ1) is 16.5. The maximum absolute atomic E-state index is 5.93. The summed E-state index contributed by atoms with van der Waals surface area (Å²) in [5.41, 5.74) is 0. The zero-order chi connectivity index (χ0) is 14.2. The standard InChI is InChI=1S/C12H4Br6O/c13-5-1-6(14)3-7(2-5)19-12-9(16)4-8(15)10(17)11(12)18/h1-4H. The van der Waals surface area contributed by atoms with Crippen molar-refractivity contribution in [2.75, 3.05) is 0 Å². The molecule has 2 aromatic carbocycles. The highest BCUT2D eigenvalue weighted by molar-refractivity contribution is 9.14. The summed E-state index contributed by atoms with van der Waals surface area (Å²) >= 11 is 20.9. The summed E-state index contributed by atoms with van der Waals surface area (Å²) < 4.78 is 11.4. The van der Waals surface area contributed by atoms with E-state index >= 15 is 0 Å². The van der Waals surface area contributed by atoms with Gasteiger partial charge in [-0.15, -0.1) is 0 Å². The van der Waals surface area contributed by atoms with Crippen LogP contribution < -0.4 is 4.74 Å². The Balaban J connectivity index is 2.46. The monoisotopic (exact) mass is 638 g/mol. The Bertz CT molecular complexity index is 620. The highest BCUT2D eigenvalue weighted by Crippen LogP contribution is 2.45. The van der Waals surface area contributed by atoms with Crippen LogP contribution in [0.1, 0.15) is 0 Å². The van der Waals surface area contributed by atoms with E-state index in [-0.39, 0.29) is 0 Å². The van der Waals surface area contributed by atoms with Crippen LogP contribution in [-0.4, -0.2) is 0 Å². The maximum atomic E-state index is 5.93. The number of ether oxygens (including phenoxy) is 1. The first-order valence-corrected chi connectivity index (χ1v) is 9.61. The van der Waals surface area contributed by atoms with Gasteiger partial charge in [0.15, 0.2) is 5.75 Å². The van der Waals surface area contributed by atoms with Crippen molar-refractivity contribution in [2.45, 2.75) is 0 Å². The molecule has 0 fully saturated rings. The molecule has 0 bridgehead atoms. The predicted octanol–water partition coefficient (Wildman–Crippen LogP) is 8.05. The fourth-order valence-electron chi connectivity index (χ4n) is 1.35. The summed E-state index contributed by atoms with van der Waals surface area (Å²) in [7, 11) is 0. The molecule has 0 aliphatic carbocycles. The van der Waals surface area contributed by atoms with Gasteiger partial charge in [-0.05, 0) is 88.0 Å². The fourth-order valence-corrected chi connectivity index (χ4v) is 5.18. The van der Waals surface area contributed by atoms with Gasteiger partial charge in [-0.2, -0.15) is 0 Å². The lowest BCUT2D eigenvalue weighted by atomic mass is 10.3. The van der Waals surface area contributed by atoms with Gasteiger partial charge in [-0.25, -0.2) is 0 Å². The lowest BCUT2D eigenvalue weighted by Crippen LogP contribution is -1.89. The van der Waals surface area contributed by atoms with Crippen LogP contribution in [-0.2, 0) is 0 Å². The molecule has 0 radical (unpaired) electrons. The van der Waals surface area contributed by atoms with E-state index in [9.17, 15) is 0 Å². The smallest absolute Gasteiger partial charge is 0.156 e. The van der Waals surface area contributed by atoms with Crippen LogP contribution in [0.25, 0.3) is 0 Å². The molecule has 0 unspecified atom stereocenters. The molecule has 7 heteroatoms. The van der Waals surface area contributed by atoms with Gasteiger partial charge in [0.2, 0.25) is 0 Å². The molecule has 0 heterocycles. The molecular formula is C12H4Br6O. The molecule has 100 valence electrons. The molecule has 2 aromatic rings. The summed E-state index contributed by atoms with van der Waals surface area (Å²) in [6.07, 6.45) is 0. The minimum Gasteiger partial charge on any atom is -0.455 e. The third kappa shape index (κ3) is 4.07. The average Bonchev–Trinajstić information content (AvgIpc) is 2.31. The Morgan fingerprint density at radius 2 is 1.21 bits per heavy atom. The summed E-state index contributed by atoms with van der Waals surface area (Å²) in [4.78, 5) is 0. The fraction of sp³-hybridized carbons (Fsp3) is 0. The Hall–Kier alpha value is 1.12. The molecule has 0 saturated heterocycles. The second-order valence-corrected chi connectivity index (χ2v) is 8.63. The van der Waals surface area contributed by atoms with Gasteiger partial charge in [-0.3, -0.25) is 0 Å². The van der Waals surface area contributed by atoms with E-state index in [1.54, 1.807) is 0 Å². The summed E-state index contributed by atoms with van der Waals surface area (Å²) in [6.45, 7) is 0. The molecule has 19 heavy (non-hydrogen) atoms. The Kier molecular flexibility index (Phi) is 6.01. The van der Waals surface area contributed by atoms with Crippen molar-refractivity contribution >= 4 is 95.6 Å². The molecule has 0 spiro atoms. The Morgan fingerprint density at radius 1 is 0.632 bits per heavy atom. The average molecular weight is 644 g/mol. The lowest BCUT2D eigenvalue weighted by molar-refractivity contribution is 0.475. The minimum atomic E-state index is 0.708. The normalized spacial score (nSPS) is 10.6. The number of benzene rings is 2. The molecule has 0 N–H and O–H groups in total. The number of halogens is 6. The van der Waals surface area contributed by atoms with Crippen LogP contribution in [0.5, 0.6) is 11.5 Å². The third-order valence-corrected chi connectivity index (χ3v) is 6.90. The maximum Gasteiger partial charge on any atom is 0.156 e. The number of hydrogen-bond acceptors (Lipinski definition) is 1. The van der Waals surface area contributed by atoms with Gasteiger partial charge in [0, 0.05) is 17.9 Å². The molecule has 0 amide bonds. The quantitative estimate of drug-likeness (QED) is 0.238. The van der Waals surface area contributed by atoms with Crippen molar-refractivity contribution in [1.82, 2.24) is 0 Å². The molecule has 0 atom stereocenters. The first-order chi connectivity index (χ1) is 8.88. The van der Waals surface area contributed by atoms with Gasteiger partial charge in [0.05, 0.1) is 8.95 Å². The summed E-state index contributed by atoms with van der Waals surface area (Å²) in [5.74, 6) is 1.44. The van der Waals surface area contributed by atoms with Crippen LogP contribution in [0.2, 0.25) is 0 Å². The second kappa shape index (κ2) is 6.92. The van der Waals surface area contributed by atoms with E-state index in [0.717, 1.165) is 32.6 Å². The van der Waals surface area contributed by atoms with Crippen LogP contribution >= 0.6 is 95.6 Å². The van der Waals surface area contributed by atoms with Crippen molar-refractivity contribution in [3.8, 4) is 11.5 Å². The van der Waals surface area contributed by atoms with Crippen molar-refractivity contribution in [3.63, 3.8) is 0 Å². The highest BCUT2D eigenvalue weighted by atomic mass is 79.9. The first-order valence-electron chi connectivity index (χ1n) is 4.85. The van der Waals surface area contributed by atoms with Crippen LogP contribution in [0.3, 0.4) is 0 Å². The van der Waals surface area contributed by atoms with Crippen LogP contribution in [0.4, 0.5) is 0 Å². The van der Waals surface area contributed by atoms with Crippen molar-refractivity contribution in [2.24, 2.45) is 0 Å². The molecule has 1 nitrogen and oxygen atoms in total. The number of hydrogen-bond donors (Lipinski definition) is 0. The minimum absolute atomic E-state index is 0.708. The van der Waals surface area contributed by atoms with Gasteiger partial charge >= 0.3 is 0 Å². The largest absolute Gasteiger partial charge is 0.455 e. The van der Waals surface area contributed by atoms with E-state index in [1.165, 1.54) is 0 Å². The van der Waals surface area contributed by atoms with Gasteiger partial charge in [-0.1, -0.05) is 31.9 Å². The SMILES string of the molecule is Brc1cc(Br)cc(Oc2c(Br)cc(Br)c(Br)c2Br)c1. The predicted molar refractivity (Wildman–Crippen MR) is 99.2 cm³/mol. The van der Waals surface area contributed by atoms with Crippen LogP contribution in [0.15, 0.2) is 51.1 Å². The van der Waals surface area contributed by atoms with Crippen molar-refractivity contribution in [1.29, 1.82) is 0 Å². The Labute approximate surface area is 161 Å². The molecule has 0 saturated carbocycles. The zero-order valence-electron chi connectivity index (χ0n) is 8.99. The topological polar surface area (TPSA) is 9.23 Å². The van der Waals surface area contributed by atoms with E-state index < -0.39 is 0 Å². The highest BCUT2D eigenvalue weighted by Gasteiger charge is 2.15. The zero-order valence-corrected chi connectivity index (χ0v) is 18.5. The molecule has 0 aliphatic heterocycles. The summed E-state index contributed by atoms with van der Waals surface area (Å²) in [5, 5.41) is 0. The summed E-state index contributed by atoms with van der Waals surface area (Å²) in [6, 6.07) is 7.69. The van der Waals surface area contributed by atoms with Gasteiger partial charge < -0.3 is 4.74 Å². The van der Waals surface area contributed by atoms with Crippen molar-refractivity contribution < 1.29 is 4.74 Å². The van der Waals surface area contributed by atoms with Crippen molar-refractivity contribution in [3.05, 3.63) is 51.1 Å². The Morgan fingerprint density at radius 3 is 1.79 bits per heavy atom. The van der Waals surface area contributed by atoms with Gasteiger partial charge in [0.1, 0.15) is 5.75 Å².